The van der Waals surface area contributed by atoms with Crippen molar-refractivity contribution >= 4 is 57.3 Å². The maximum Gasteiger partial charge on any atom is 0.328 e. The van der Waals surface area contributed by atoms with E-state index in [2.05, 4.69) is 26.1 Å². The first-order valence-electron chi connectivity index (χ1n) is 10.5. The number of aromatic amines is 1. The van der Waals surface area contributed by atoms with Gasteiger partial charge < -0.3 is 21.1 Å². The van der Waals surface area contributed by atoms with Crippen molar-refractivity contribution in [2.45, 2.75) is 19.5 Å². The molecular formula is C23H21N5O5S2. The molecule has 180 valence electrons. The van der Waals surface area contributed by atoms with Crippen molar-refractivity contribution in [2.24, 2.45) is 0 Å². The van der Waals surface area contributed by atoms with Gasteiger partial charge in [0.05, 0.1) is 26.3 Å². The van der Waals surface area contributed by atoms with E-state index in [0.717, 1.165) is 27.8 Å². The molecule has 0 spiro atoms. The fourth-order valence-corrected chi connectivity index (χ4v) is 5.01. The minimum absolute atomic E-state index is 0.225. The molecule has 3 aromatic heterocycles. The van der Waals surface area contributed by atoms with E-state index in [-0.39, 0.29) is 23.9 Å². The molecule has 0 bridgehead atoms. The van der Waals surface area contributed by atoms with E-state index >= 15 is 0 Å². The van der Waals surface area contributed by atoms with Gasteiger partial charge in [-0.1, -0.05) is 18.2 Å². The molecule has 0 aliphatic heterocycles. The number of nitrogens with one attached hydrogen (secondary N) is 4. The highest BCUT2D eigenvalue weighted by molar-refractivity contribution is 7.16. The number of nitrogens with zero attached hydrogens (tertiary/aromatic N) is 1. The number of carboxylic acids is 1. The van der Waals surface area contributed by atoms with Crippen LogP contribution < -0.4 is 16.0 Å². The molecule has 0 fully saturated rings. The summed E-state index contributed by atoms with van der Waals surface area (Å²) in [5.41, 5.74) is 2.30. The van der Waals surface area contributed by atoms with Gasteiger partial charge in [-0.2, -0.15) is 5.10 Å². The van der Waals surface area contributed by atoms with Gasteiger partial charge in [-0.25, -0.2) is 4.79 Å². The highest BCUT2D eigenvalue weighted by Crippen LogP contribution is 2.23. The van der Waals surface area contributed by atoms with Crippen LogP contribution in [0.5, 0.6) is 0 Å². The number of amides is 3. The van der Waals surface area contributed by atoms with Gasteiger partial charge in [0.2, 0.25) is 0 Å². The molecule has 4 rings (SSSR count). The van der Waals surface area contributed by atoms with Crippen LogP contribution in [0.4, 0.5) is 0 Å². The lowest BCUT2D eigenvalue weighted by Crippen LogP contribution is -2.48. The van der Waals surface area contributed by atoms with Crippen molar-refractivity contribution in [2.75, 3.05) is 6.54 Å². The predicted molar refractivity (Wildman–Crippen MR) is 132 cm³/mol. The van der Waals surface area contributed by atoms with Gasteiger partial charge in [0.1, 0.15) is 6.04 Å². The largest absolute Gasteiger partial charge is 0.480 e. The van der Waals surface area contributed by atoms with Gasteiger partial charge in [-0.15, -0.1) is 22.7 Å². The monoisotopic (exact) mass is 511 g/mol. The van der Waals surface area contributed by atoms with E-state index in [9.17, 15) is 24.3 Å². The number of thiophene rings is 2. The summed E-state index contributed by atoms with van der Waals surface area (Å²) in [5.74, 6) is -2.69. The van der Waals surface area contributed by atoms with Gasteiger partial charge in [0.25, 0.3) is 17.7 Å². The first-order chi connectivity index (χ1) is 16.8. The number of hydrogen-bond donors (Lipinski definition) is 5. The Bertz CT molecular complexity index is 1390. The van der Waals surface area contributed by atoms with E-state index < -0.39 is 23.8 Å². The van der Waals surface area contributed by atoms with Gasteiger partial charge in [0, 0.05) is 18.5 Å². The van der Waals surface area contributed by atoms with Crippen LogP contribution in [0.15, 0.2) is 48.0 Å². The number of hydrogen-bond acceptors (Lipinski definition) is 7. The molecule has 12 heteroatoms. The predicted octanol–water partition coefficient (Wildman–Crippen LogP) is 2.54. The van der Waals surface area contributed by atoms with Crippen molar-refractivity contribution < 1.29 is 24.3 Å². The molecule has 0 aliphatic carbocycles. The average Bonchev–Trinajstić information content (AvgIpc) is 3.60. The molecule has 35 heavy (non-hydrogen) atoms. The third-order valence-corrected chi connectivity index (χ3v) is 7.28. The molecule has 1 aromatic carbocycles. The molecule has 1 atom stereocenters. The molecule has 3 heterocycles. The fourth-order valence-electron chi connectivity index (χ4n) is 3.38. The Hall–Kier alpha value is -4.03. The summed E-state index contributed by atoms with van der Waals surface area (Å²) in [5, 5.41) is 26.8. The quantitative estimate of drug-likeness (QED) is 0.233. The van der Waals surface area contributed by atoms with E-state index in [1.807, 2.05) is 18.2 Å². The lowest BCUT2D eigenvalue weighted by molar-refractivity contribution is -0.139. The second kappa shape index (κ2) is 10.5. The Morgan fingerprint density at radius 2 is 1.86 bits per heavy atom. The number of carbonyl (C=O) groups is 4. The second-order valence-corrected chi connectivity index (χ2v) is 9.61. The third kappa shape index (κ3) is 5.55. The summed E-state index contributed by atoms with van der Waals surface area (Å²) in [6.45, 7) is 1.66. The normalized spacial score (nSPS) is 11.7. The van der Waals surface area contributed by atoms with Gasteiger partial charge >= 0.3 is 5.97 Å². The molecule has 1 unspecified atom stereocenters. The zero-order chi connectivity index (χ0) is 24.9. The van der Waals surface area contributed by atoms with Gasteiger partial charge in [-0.3, -0.25) is 19.5 Å². The molecule has 10 nitrogen and oxygen atoms in total. The number of H-pyrrole nitrogens is 1. The Morgan fingerprint density at radius 1 is 1.06 bits per heavy atom. The number of aromatic nitrogens is 2. The average molecular weight is 512 g/mol. The maximum atomic E-state index is 12.8. The van der Waals surface area contributed by atoms with Crippen molar-refractivity contribution in [1.82, 2.24) is 26.1 Å². The van der Waals surface area contributed by atoms with Crippen molar-refractivity contribution in [3.8, 4) is 0 Å². The van der Waals surface area contributed by atoms with Crippen LogP contribution >= 0.6 is 22.7 Å². The standard InChI is InChI=1S/C23H21N5O5S2/c1-12-8-18(21(30)24-9-13-4-2-5-15-14(13)10-26-28-15)35-19(12)22(31)27-16(23(32)33)11-25-20(29)17-6-3-7-34-17/h2-8,10,16H,9,11H2,1H3,(H,24,30)(H,25,29)(H,26,28)(H,27,31)(H,32,33). The highest BCUT2D eigenvalue weighted by Gasteiger charge is 2.25. The van der Waals surface area contributed by atoms with E-state index in [4.69, 9.17) is 0 Å². The molecule has 0 saturated heterocycles. The van der Waals surface area contributed by atoms with Crippen LogP contribution in [0.25, 0.3) is 10.9 Å². The lowest BCUT2D eigenvalue weighted by Gasteiger charge is -2.15. The van der Waals surface area contributed by atoms with E-state index in [1.54, 1.807) is 36.7 Å². The summed E-state index contributed by atoms with van der Waals surface area (Å²) in [7, 11) is 0. The zero-order valence-electron chi connectivity index (χ0n) is 18.5. The van der Waals surface area contributed by atoms with Crippen molar-refractivity contribution in [3.63, 3.8) is 0 Å². The van der Waals surface area contributed by atoms with Gasteiger partial charge in [-0.05, 0) is 41.6 Å². The lowest BCUT2D eigenvalue weighted by atomic mass is 10.1. The fraction of sp³-hybridized carbons (Fsp3) is 0.174. The minimum Gasteiger partial charge on any atom is -0.480 e. The number of carboxylic acid groups (broad SMARTS) is 1. The third-order valence-electron chi connectivity index (χ3n) is 5.18. The van der Waals surface area contributed by atoms with Crippen LogP contribution in [-0.4, -0.2) is 51.6 Å². The smallest absolute Gasteiger partial charge is 0.328 e. The Labute approximate surface area is 207 Å². The first kappa shape index (κ1) is 24.1. The summed E-state index contributed by atoms with van der Waals surface area (Å²) < 4.78 is 0. The number of benzene rings is 1. The molecular weight excluding hydrogens is 490 g/mol. The van der Waals surface area contributed by atoms with Crippen LogP contribution in [-0.2, 0) is 11.3 Å². The summed E-state index contributed by atoms with van der Waals surface area (Å²) in [4.78, 5) is 50.2. The molecule has 5 N–H and O–H groups in total. The van der Waals surface area contributed by atoms with E-state index in [0.29, 0.717) is 15.3 Å². The van der Waals surface area contributed by atoms with Crippen LogP contribution in [0, 0.1) is 6.92 Å². The van der Waals surface area contributed by atoms with Crippen LogP contribution in [0.1, 0.15) is 40.1 Å². The van der Waals surface area contributed by atoms with E-state index in [1.165, 1.54) is 11.3 Å². The topological polar surface area (TPSA) is 153 Å². The summed E-state index contributed by atoms with van der Waals surface area (Å²) in [6, 6.07) is 9.22. The second-order valence-electron chi connectivity index (χ2n) is 7.61. The number of fused-ring (bicyclic) bond motifs is 1. The van der Waals surface area contributed by atoms with Crippen molar-refractivity contribution in [1.29, 1.82) is 0 Å². The van der Waals surface area contributed by atoms with Gasteiger partial charge in [0.15, 0.2) is 0 Å². The molecule has 0 saturated carbocycles. The maximum absolute atomic E-state index is 12.8. The number of aliphatic carboxylic acids is 1. The SMILES string of the molecule is Cc1cc(C(=O)NCc2cccc3[nH]ncc23)sc1C(=O)NC(CNC(=O)c1cccs1)C(=O)O. The Kier molecular flexibility index (Phi) is 7.22. The van der Waals surface area contributed by atoms with Crippen molar-refractivity contribution in [3.05, 3.63) is 73.7 Å². The van der Waals surface area contributed by atoms with Crippen LogP contribution in [0.2, 0.25) is 0 Å². The number of carbonyl (C=O) groups excluding carboxylic acids is 3. The highest BCUT2D eigenvalue weighted by atomic mass is 32.1. The minimum atomic E-state index is -1.33. The summed E-state index contributed by atoms with van der Waals surface area (Å²) >= 11 is 2.20. The Balaban J connectivity index is 1.38. The number of rotatable bonds is 9. The zero-order valence-corrected chi connectivity index (χ0v) is 20.1. The number of aryl methyl sites for hydroxylation is 1. The molecule has 0 aliphatic rings. The molecule has 0 radical (unpaired) electrons. The van der Waals surface area contributed by atoms with Crippen LogP contribution in [0.3, 0.4) is 0 Å². The first-order valence-corrected chi connectivity index (χ1v) is 12.2. The summed E-state index contributed by atoms with van der Waals surface area (Å²) in [6.07, 6.45) is 1.69. The Morgan fingerprint density at radius 3 is 2.60 bits per heavy atom. The molecule has 4 aromatic rings. The molecule has 3 amide bonds.